The molecule has 3 rings (SSSR count). The van der Waals surface area contributed by atoms with Gasteiger partial charge >= 0.3 is 0 Å². The quantitative estimate of drug-likeness (QED) is 0.709. The van der Waals surface area contributed by atoms with Crippen LogP contribution in [0.4, 0.5) is 5.13 Å². The summed E-state index contributed by atoms with van der Waals surface area (Å²) in [5.74, 6) is 0.909. The van der Waals surface area contributed by atoms with Crippen molar-refractivity contribution in [3.63, 3.8) is 0 Å². The van der Waals surface area contributed by atoms with Crippen molar-refractivity contribution in [3.05, 3.63) is 40.6 Å². The minimum absolute atomic E-state index is 0.371. The number of benzene rings is 1. The number of hydrogen-bond donors (Lipinski definition) is 1. The van der Waals surface area contributed by atoms with E-state index in [1.165, 1.54) is 4.88 Å². The average molecular weight is 318 g/mol. The Morgan fingerprint density at radius 2 is 2.24 bits per heavy atom. The highest BCUT2D eigenvalue weighted by Crippen LogP contribution is 2.30. The molecule has 0 aliphatic heterocycles. The molecule has 0 saturated carbocycles. The third-order valence-electron chi connectivity index (χ3n) is 3.13. The van der Waals surface area contributed by atoms with Gasteiger partial charge in [0.05, 0.1) is 16.8 Å². The number of hydrogen-bond acceptors (Lipinski definition) is 5. The molecule has 0 spiro atoms. The summed E-state index contributed by atoms with van der Waals surface area (Å²) in [4.78, 5) is 6.04. The van der Waals surface area contributed by atoms with Gasteiger partial charge in [-0.1, -0.05) is 17.4 Å². The van der Waals surface area contributed by atoms with Crippen LogP contribution >= 0.6 is 22.7 Å². The fourth-order valence-electron chi connectivity index (χ4n) is 2.22. The van der Waals surface area contributed by atoms with E-state index in [4.69, 9.17) is 4.74 Å². The fraction of sp³-hybridized carbons (Fsp3) is 0.312. The van der Waals surface area contributed by atoms with E-state index >= 15 is 0 Å². The highest BCUT2D eigenvalue weighted by atomic mass is 32.1. The molecule has 0 saturated heterocycles. The summed E-state index contributed by atoms with van der Waals surface area (Å²) in [7, 11) is 0. The molecule has 0 bridgehead atoms. The molecule has 0 fully saturated rings. The smallest absolute Gasteiger partial charge is 0.184 e. The summed E-state index contributed by atoms with van der Waals surface area (Å²) < 4.78 is 6.69. The first-order chi connectivity index (χ1) is 10.2. The van der Waals surface area contributed by atoms with Gasteiger partial charge in [0.2, 0.25) is 0 Å². The van der Waals surface area contributed by atoms with Crippen molar-refractivity contribution in [2.24, 2.45) is 0 Å². The standard InChI is InChI=1S/C16H18N2OS2/c1-3-19-12-6-7-14-15(10-12)21-16(18-14)17-11(2)9-13-5-4-8-20-13/h4-8,10-11H,3,9H2,1-2H3,(H,17,18). The lowest BCUT2D eigenvalue weighted by Gasteiger charge is -2.11. The maximum Gasteiger partial charge on any atom is 0.184 e. The Bertz CT molecular complexity index is 706. The van der Waals surface area contributed by atoms with Gasteiger partial charge in [0.15, 0.2) is 5.13 Å². The fourth-order valence-corrected chi connectivity index (χ4v) is 4.06. The molecule has 1 atom stereocenters. The van der Waals surface area contributed by atoms with Crippen LogP contribution in [0.1, 0.15) is 18.7 Å². The first kappa shape index (κ1) is 14.4. The zero-order valence-electron chi connectivity index (χ0n) is 12.1. The molecule has 1 unspecified atom stereocenters. The Labute approximate surface area is 132 Å². The number of aromatic nitrogens is 1. The minimum Gasteiger partial charge on any atom is -0.494 e. The van der Waals surface area contributed by atoms with E-state index in [1.54, 1.807) is 22.7 Å². The van der Waals surface area contributed by atoms with Gasteiger partial charge in [0, 0.05) is 17.3 Å². The van der Waals surface area contributed by atoms with Gasteiger partial charge in [0.25, 0.3) is 0 Å². The van der Waals surface area contributed by atoms with Gasteiger partial charge in [-0.2, -0.15) is 0 Å². The van der Waals surface area contributed by atoms with E-state index in [9.17, 15) is 0 Å². The number of anilines is 1. The zero-order valence-corrected chi connectivity index (χ0v) is 13.8. The van der Waals surface area contributed by atoms with Crippen LogP contribution in [0.15, 0.2) is 35.7 Å². The highest BCUT2D eigenvalue weighted by molar-refractivity contribution is 7.22. The number of nitrogens with one attached hydrogen (secondary N) is 1. The Balaban J connectivity index is 1.71. The molecule has 0 radical (unpaired) electrons. The Morgan fingerprint density at radius 1 is 1.33 bits per heavy atom. The van der Waals surface area contributed by atoms with Gasteiger partial charge in [-0.05, 0) is 43.5 Å². The summed E-state index contributed by atoms with van der Waals surface area (Å²) >= 11 is 3.48. The third-order valence-corrected chi connectivity index (χ3v) is 4.98. The lowest BCUT2D eigenvalue weighted by atomic mass is 10.2. The molecule has 0 aliphatic carbocycles. The monoisotopic (exact) mass is 318 g/mol. The molecule has 0 amide bonds. The van der Waals surface area contributed by atoms with Crippen LogP contribution in [-0.4, -0.2) is 17.6 Å². The van der Waals surface area contributed by atoms with Crippen molar-refractivity contribution in [1.29, 1.82) is 0 Å². The number of thiophene rings is 1. The van der Waals surface area contributed by atoms with Crippen LogP contribution in [0.3, 0.4) is 0 Å². The topological polar surface area (TPSA) is 34.1 Å². The lowest BCUT2D eigenvalue weighted by molar-refractivity contribution is 0.341. The minimum atomic E-state index is 0.371. The molecule has 3 aromatic rings. The lowest BCUT2D eigenvalue weighted by Crippen LogP contribution is -2.17. The van der Waals surface area contributed by atoms with E-state index < -0.39 is 0 Å². The van der Waals surface area contributed by atoms with E-state index in [0.717, 1.165) is 27.5 Å². The molecule has 3 nitrogen and oxygen atoms in total. The predicted molar refractivity (Wildman–Crippen MR) is 91.9 cm³/mol. The van der Waals surface area contributed by atoms with Crippen molar-refractivity contribution < 1.29 is 4.74 Å². The number of rotatable bonds is 6. The van der Waals surface area contributed by atoms with Gasteiger partial charge in [-0.3, -0.25) is 0 Å². The molecular formula is C16H18N2OS2. The maximum absolute atomic E-state index is 5.53. The Kier molecular flexibility index (Phi) is 4.41. The van der Waals surface area contributed by atoms with E-state index in [0.29, 0.717) is 12.6 Å². The summed E-state index contributed by atoms with van der Waals surface area (Å²) in [6.45, 7) is 4.88. The van der Waals surface area contributed by atoms with Crippen LogP contribution in [0.25, 0.3) is 10.2 Å². The second-order valence-corrected chi connectivity index (χ2v) is 6.97. The summed E-state index contributed by atoms with van der Waals surface area (Å²) in [6.07, 6.45) is 1.03. The molecule has 1 aromatic carbocycles. The second-order valence-electron chi connectivity index (χ2n) is 4.91. The van der Waals surface area contributed by atoms with Crippen molar-refractivity contribution >= 4 is 38.0 Å². The van der Waals surface area contributed by atoms with Crippen molar-refractivity contribution in [2.45, 2.75) is 26.3 Å². The first-order valence-corrected chi connectivity index (χ1v) is 8.76. The predicted octanol–water partition coefficient (Wildman–Crippen LogP) is 4.80. The van der Waals surface area contributed by atoms with Crippen LogP contribution in [0, 0.1) is 0 Å². The first-order valence-electron chi connectivity index (χ1n) is 7.07. The zero-order chi connectivity index (χ0) is 14.7. The van der Waals surface area contributed by atoms with Crippen LogP contribution in [-0.2, 0) is 6.42 Å². The highest BCUT2D eigenvalue weighted by Gasteiger charge is 2.09. The van der Waals surface area contributed by atoms with Gasteiger partial charge in [-0.15, -0.1) is 11.3 Å². The van der Waals surface area contributed by atoms with E-state index in [1.807, 2.05) is 19.1 Å². The summed E-state index contributed by atoms with van der Waals surface area (Å²) in [6, 6.07) is 10.7. The number of ether oxygens (including phenoxy) is 1. The molecule has 1 N–H and O–H groups in total. The van der Waals surface area contributed by atoms with Gasteiger partial charge in [-0.25, -0.2) is 4.98 Å². The summed E-state index contributed by atoms with van der Waals surface area (Å²) in [5.41, 5.74) is 1.02. The van der Waals surface area contributed by atoms with Crippen LogP contribution in [0.2, 0.25) is 0 Å². The van der Waals surface area contributed by atoms with E-state index in [2.05, 4.69) is 40.8 Å². The summed E-state index contributed by atoms with van der Waals surface area (Å²) in [5, 5.41) is 6.59. The number of fused-ring (bicyclic) bond motifs is 1. The molecule has 0 aliphatic rings. The van der Waals surface area contributed by atoms with Crippen molar-refractivity contribution in [2.75, 3.05) is 11.9 Å². The maximum atomic E-state index is 5.53. The molecule has 5 heteroatoms. The third kappa shape index (κ3) is 3.54. The molecule has 2 heterocycles. The Hall–Kier alpha value is -1.59. The van der Waals surface area contributed by atoms with Gasteiger partial charge in [0.1, 0.15) is 5.75 Å². The number of thiazole rings is 1. The second kappa shape index (κ2) is 6.45. The molecular weight excluding hydrogens is 300 g/mol. The van der Waals surface area contributed by atoms with Crippen molar-refractivity contribution in [1.82, 2.24) is 4.98 Å². The Morgan fingerprint density at radius 3 is 3.00 bits per heavy atom. The van der Waals surface area contributed by atoms with Crippen LogP contribution in [0.5, 0.6) is 5.75 Å². The molecule has 110 valence electrons. The van der Waals surface area contributed by atoms with Crippen molar-refractivity contribution in [3.8, 4) is 5.75 Å². The molecule has 2 aromatic heterocycles. The van der Waals surface area contributed by atoms with Crippen LogP contribution < -0.4 is 10.1 Å². The average Bonchev–Trinajstić information content (AvgIpc) is 3.07. The SMILES string of the molecule is CCOc1ccc2nc(NC(C)Cc3cccs3)sc2c1. The largest absolute Gasteiger partial charge is 0.494 e. The van der Waals surface area contributed by atoms with Gasteiger partial charge < -0.3 is 10.1 Å². The van der Waals surface area contributed by atoms with E-state index in [-0.39, 0.29) is 0 Å². The number of nitrogens with zero attached hydrogens (tertiary/aromatic N) is 1. The molecule has 21 heavy (non-hydrogen) atoms. The normalized spacial score (nSPS) is 12.5.